The van der Waals surface area contributed by atoms with Gasteiger partial charge in [0.05, 0.1) is 27.8 Å². The molecular formula is C27H26Cl2N4O3S. The van der Waals surface area contributed by atoms with Crippen molar-refractivity contribution in [3.63, 3.8) is 0 Å². The van der Waals surface area contributed by atoms with Crippen LogP contribution in [0.5, 0.6) is 0 Å². The molecule has 0 saturated heterocycles. The monoisotopic (exact) mass is 556 g/mol. The Hall–Kier alpha value is -3.17. The third kappa shape index (κ3) is 6.40. The van der Waals surface area contributed by atoms with Crippen molar-refractivity contribution in [2.75, 3.05) is 18.4 Å². The first-order valence-electron chi connectivity index (χ1n) is 11.6. The van der Waals surface area contributed by atoms with Gasteiger partial charge in [0.15, 0.2) is 0 Å². The van der Waals surface area contributed by atoms with E-state index in [0.717, 1.165) is 5.56 Å². The second kappa shape index (κ2) is 11.5. The lowest BCUT2D eigenvalue weighted by Gasteiger charge is -2.23. The van der Waals surface area contributed by atoms with Crippen LogP contribution in [0.4, 0.5) is 5.82 Å². The minimum absolute atomic E-state index is 0.00629. The second-order valence-corrected chi connectivity index (χ2v) is 11.6. The fourth-order valence-electron chi connectivity index (χ4n) is 3.78. The van der Waals surface area contributed by atoms with Crippen LogP contribution in [0.1, 0.15) is 13.8 Å². The summed E-state index contributed by atoms with van der Waals surface area (Å²) in [7, 11) is -3.94. The molecule has 0 bridgehead atoms. The topological polar surface area (TPSA) is 84.3 Å². The summed E-state index contributed by atoms with van der Waals surface area (Å²) in [4.78, 5) is 13.3. The van der Waals surface area contributed by atoms with Crippen molar-refractivity contribution in [2.24, 2.45) is 5.92 Å². The van der Waals surface area contributed by atoms with Crippen LogP contribution in [0.2, 0.25) is 10.0 Å². The molecule has 1 N–H and O–H groups in total. The molecule has 1 aromatic heterocycles. The van der Waals surface area contributed by atoms with E-state index in [9.17, 15) is 13.2 Å². The highest BCUT2D eigenvalue weighted by molar-refractivity contribution is 7.89. The van der Waals surface area contributed by atoms with E-state index < -0.39 is 15.9 Å². The van der Waals surface area contributed by atoms with Gasteiger partial charge in [-0.1, -0.05) is 79.5 Å². The number of anilines is 1. The first kappa shape index (κ1) is 26.9. The van der Waals surface area contributed by atoms with Crippen molar-refractivity contribution in [2.45, 2.75) is 18.7 Å². The number of carbonyl (C=O) groups is 1. The highest BCUT2D eigenvalue weighted by Crippen LogP contribution is 2.28. The highest BCUT2D eigenvalue weighted by Gasteiger charge is 2.28. The van der Waals surface area contributed by atoms with E-state index in [1.165, 1.54) is 28.6 Å². The zero-order valence-electron chi connectivity index (χ0n) is 20.3. The van der Waals surface area contributed by atoms with E-state index in [1.54, 1.807) is 28.9 Å². The van der Waals surface area contributed by atoms with Crippen LogP contribution in [-0.2, 0) is 14.8 Å². The van der Waals surface area contributed by atoms with Crippen molar-refractivity contribution in [1.29, 1.82) is 0 Å². The van der Waals surface area contributed by atoms with Crippen molar-refractivity contribution < 1.29 is 13.2 Å². The summed E-state index contributed by atoms with van der Waals surface area (Å²) in [5, 5.41) is 8.38. The summed E-state index contributed by atoms with van der Waals surface area (Å²) in [6.07, 6.45) is 0. The predicted molar refractivity (Wildman–Crippen MR) is 148 cm³/mol. The molecule has 0 fully saturated rings. The van der Waals surface area contributed by atoms with E-state index in [1.807, 2.05) is 50.2 Å². The van der Waals surface area contributed by atoms with Crippen LogP contribution in [0.15, 0.2) is 89.8 Å². The number of aromatic nitrogens is 2. The maximum Gasteiger partial charge on any atom is 0.243 e. The van der Waals surface area contributed by atoms with E-state index in [4.69, 9.17) is 23.2 Å². The largest absolute Gasteiger partial charge is 0.309 e. The number of amides is 1. The highest BCUT2D eigenvalue weighted by atomic mass is 35.5. The molecule has 10 heteroatoms. The lowest BCUT2D eigenvalue weighted by molar-refractivity contribution is -0.116. The summed E-state index contributed by atoms with van der Waals surface area (Å²) in [5.41, 5.74) is 2.06. The molecule has 0 spiro atoms. The quantitative estimate of drug-likeness (QED) is 0.268. The van der Waals surface area contributed by atoms with E-state index in [0.29, 0.717) is 27.2 Å². The molecule has 192 valence electrons. The van der Waals surface area contributed by atoms with Gasteiger partial charge in [0.25, 0.3) is 0 Å². The molecule has 0 saturated carbocycles. The fourth-order valence-corrected chi connectivity index (χ4v) is 5.68. The molecule has 0 unspecified atom stereocenters. The Morgan fingerprint density at radius 3 is 2.27 bits per heavy atom. The summed E-state index contributed by atoms with van der Waals surface area (Å²) >= 11 is 12.4. The van der Waals surface area contributed by atoms with Crippen molar-refractivity contribution in [3.8, 4) is 16.9 Å². The Kier molecular flexibility index (Phi) is 8.34. The SMILES string of the molecule is CC(C)CN(CC(=O)Nc1cc(-c2ccccc2)nn1-c1ccccc1Cl)S(=O)(=O)c1ccc(Cl)cc1. The number of para-hydroxylation sites is 1. The first-order chi connectivity index (χ1) is 17.6. The number of sulfonamides is 1. The van der Waals surface area contributed by atoms with Gasteiger partial charge < -0.3 is 5.32 Å². The van der Waals surface area contributed by atoms with Crippen molar-refractivity contribution in [1.82, 2.24) is 14.1 Å². The molecule has 37 heavy (non-hydrogen) atoms. The van der Waals surface area contributed by atoms with Gasteiger partial charge in [-0.3, -0.25) is 4.79 Å². The van der Waals surface area contributed by atoms with Gasteiger partial charge in [-0.15, -0.1) is 0 Å². The van der Waals surface area contributed by atoms with Crippen molar-refractivity contribution >= 4 is 45.0 Å². The van der Waals surface area contributed by atoms with E-state index >= 15 is 0 Å². The lowest BCUT2D eigenvalue weighted by atomic mass is 10.1. The van der Waals surface area contributed by atoms with Gasteiger partial charge in [0.2, 0.25) is 15.9 Å². The minimum atomic E-state index is -3.94. The molecule has 0 aliphatic carbocycles. The Balaban J connectivity index is 1.66. The van der Waals surface area contributed by atoms with Crippen LogP contribution in [0.25, 0.3) is 16.9 Å². The smallest absolute Gasteiger partial charge is 0.243 e. The normalized spacial score (nSPS) is 11.7. The third-order valence-corrected chi connectivity index (χ3v) is 7.86. The fraction of sp³-hybridized carbons (Fsp3) is 0.185. The summed E-state index contributed by atoms with van der Waals surface area (Å²) in [5.74, 6) is -0.149. The maximum atomic E-state index is 13.4. The maximum absolute atomic E-state index is 13.4. The standard InChI is InChI=1S/C27H26Cl2N4O3S/c1-19(2)17-32(37(35,36)22-14-12-21(28)13-15-22)18-27(34)30-26-16-24(20-8-4-3-5-9-20)31-33(26)25-11-7-6-10-23(25)29/h3-16,19H,17-18H2,1-2H3,(H,30,34). The summed E-state index contributed by atoms with van der Waals surface area (Å²) in [6.45, 7) is 3.57. The number of carbonyl (C=O) groups excluding carboxylic acids is 1. The molecule has 3 aromatic carbocycles. The van der Waals surface area contributed by atoms with Crippen LogP contribution in [0.3, 0.4) is 0 Å². The molecule has 0 aliphatic rings. The number of hydrogen-bond acceptors (Lipinski definition) is 4. The van der Waals surface area contributed by atoms with Crippen LogP contribution in [0, 0.1) is 5.92 Å². The van der Waals surface area contributed by atoms with Gasteiger partial charge in [0, 0.05) is 23.2 Å². The molecule has 7 nitrogen and oxygen atoms in total. The summed E-state index contributed by atoms with van der Waals surface area (Å²) in [6, 6.07) is 24.3. The first-order valence-corrected chi connectivity index (χ1v) is 13.8. The van der Waals surface area contributed by atoms with Crippen LogP contribution < -0.4 is 5.32 Å². The molecule has 4 rings (SSSR count). The van der Waals surface area contributed by atoms with Gasteiger partial charge in [0.1, 0.15) is 5.82 Å². The van der Waals surface area contributed by atoms with Crippen molar-refractivity contribution in [3.05, 3.63) is 95.0 Å². The number of rotatable bonds is 9. The number of benzene rings is 3. The van der Waals surface area contributed by atoms with Gasteiger partial charge in [-0.05, 0) is 42.3 Å². The van der Waals surface area contributed by atoms with Gasteiger partial charge in [-0.2, -0.15) is 9.40 Å². The Morgan fingerprint density at radius 2 is 1.62 bits per heavy atom. The molecule has 4 aromatic rings. The second-order valence-electron chi connectivity index (χ2n) is 8.84. The third-order valence-electron chi connectivity index (χ3n) is 5.47. The molecule has 0 atom stereocenters. The van der Waals surface area contributed by atoms with E-state index in [-0.39, 0.29) is 23.9 Å². The Morgan fingerprint density at radius 1 is 0.973 bits per heavy atom. The molecule has 1 amide bonds. The number of halogens is 2. The zero-order valence-corrected chi connectivity index (χ0v) is 22.6. The molecular weight excluding hydrogens is 531 g/mol. The van der Waals surface area contributed by atoms with Crippen LogP contribution >= 0.6 is 23.2 Å². The molecule has 0 radical (unpaired) electrons. The van der Waals surface area contributed by atoms with Crippen LogP contribution in [-0.4, -0.2) is 41.5 Å². The van der Waals surface area contributed by atoms with Gasteiger partial charge >= 0.3 is 0 Å². The predicted octanol–water partition coefficient (Wildman–Crippen LogP) is 6.13. The Labute approximate surface area is 226 Å². The molecule has 0 aliphatic heterocycles. The Bertz CT molecular complexity index is 1490. The lowest BCUT2D eigenvalue weighted by Crippen LogP contribution is -2.40. The number of nitrogens with zero attached hydrogens (tertiary/aromatic N) is 3. The summed E-state index contributed by atoms with van der Waals surface area (Å²) < 4.78 is 29.4. The minimum Gasteiger partial charge on any atom is -0.309 e. The van der Waals surface area contributed by atoms with E-state index in [2.05, 4.69) is 10.4 Å². The average Bonchev–Trinajstić information content (AvgIpc) is 3.27. The molecule has 1 heterocycles. The average molecular weight is 558 g/mol. The number of hydrogen-bond donors (Lipinski definition) is 1. The zero-order chi connectivity index (χ0) is 26.6. The van der Waals surface area contributed by atoms with Gasteiger partial charge in [-0.25, -0.2) is 13.1 Å². The number of nitrogens with one attached hydrogen (secondary N) is 1.